The Balaban J connectivity index is 1.36. The first-order valence-corrected chi connectivity index (χ1v) is 12.9. The zero-order valence-corrected chi connectivity index (χ0v) is 21.8. The molecule has 2 aromatic rings. The van der Waals surface area contributed by atoms with Gasteiger partial charge in [-0.25, -0.2) is 23.7 Å². The molecule has 13 heteroatoms. The van der Waals surface area contributed by atoms with E-state index in [4.69, 9.17) is 10.5 Å². The highest BCUT2D eigenvalue weighted by atomic mass is 19.1. The van der Waals surface area contributed by atoms with E-state index >= 15 is 0 Å². The number of ether oxygens (including phenoxy) is 1. The number of halogens is 1. The smallest absolute Gasteiger partial charge is 0.418 e. The van der Waals surface area contributed by atoms with Gasteiger partial charge in [-0.2, -0.15) is 0 Å². The number of benzene rings is 2. The number of anilines is 1. The Labute approximate surface area is 229 Å². The van der Waals surface area contributed by atoms with Crippen LogP contribution in [0, 0.1) is 5.82 Å². The van der Waals surface area contributed by atoms with Gasteiger partial charge in [-0.1, -0.05) is 18.2 Å². The van der Waals surface area contributed by atoms with Gasteiger partial charge < -0.3 is 30.9 Å². The van der Waals surface area contributed by atoms with Crippen molar-refractivity contribution in [3.8, 4) is 0 Å². The second-order valence-corrected chi connectivity index (χ2v) is 10.0. The predicted octanol–water partition coefficient (Wildman–Crippen LogP) is 1.88. The minimum Gasteiger partial charge on any atom is -0.427 e. The quantitative estimate of drug-likeness (QED) is 0.497. The molecule has 0 unspecified atom stereocenters. The summed E-state index contributed by atoms with van der Waals surface area (Å²) in [6.45, 7) is 0.0841. The molecule has 0 radical (unpaired) electrons. The first kappa shape index (κ1) is 26.9. The summed E-state index contributed by atoms with van der Waals surface area (Å²) in [5.41, 5.74) is 6.31. The molecule has 1 aliphatic carbocycles. The van der Waals surface area contributed by atoms with Crippen LogP contribution in [0.2, 0.25) is 0 Å². The molecule has 2 heterocycles. The van der Waals surface area contributed by atoms with Crippen LogP contribution < -0.4 is 16.4 Å². The fraction of sp³-hybridized carbons (Fsp3) is 0.370. The molecule has 4 N–H and O–H groups in total. The minimum absolute atomic E-state index is 0.0859. The number of nitrogens with one attached hydrogen (secondary N) is 2. The molecule has 5 rings (SSSR count). The van der Waals surface area contributed by atoms with Crippen LogP contribution in [0.5, 0.6) is 0 Å². The molecule has 2 aromatic carbocycles. The molecule has 40 heavy (non-hydrogen) atoms. The molecule has 0 saturated carbocycles. The second-order valence-electron chi connectivity index (χ2n) is 10.0. The van der Waals surface area contributed by atoms with Gasteiger partial charge in [-0.05, 0) is 48.2 Å². The summed E-state index contributed by atoms with van der Waals surface area (Å²) < 4.78 is 19.1. The molecule has 0 aromatic heterocycles. The van der Waals surface area contributed by atoms with Crippen LogP contribution in [0.25, 0.3) is 0 Å². The minimum atomic E-state index is -1.55. The predicted molar refractivity (Wildman–Crippen MR) is 139 cm³/mol. The molecule has 0 bridgehead atoms. The van der Waals surface area contributed by atoms with Gasteiger partial charge in [-0.15, -0.1) is 0 Å². The molecule has 2 saturated heterocycles. The number of imide groups is 1. The fourth-order valence-corrected chi connectivity index (χ4v) is 5.55. The topological polar surface area (TPSA) is 154 Å². The number of amides is 7. The molecule has 7 amide bonds. The summed E-state index contributed by atoms with van der Waals surface area (Å²) in [4.78, 5) is 67.3. The van der Waals surface area contributed by atoms with Crippen molar-refractivity contribution in [2.45, 2.75) is 37.5 Å². The van der Waals surface area contributed by atoms with E-state index < -0.39 is 54.0 Å². The molecular formula is C27H29FN6O6. The van der Waals surface area contributed by atoms with Crippen molar-refractivity contribution in [3.63, 3.8) is 0 Å². The molecule has 12 nitrogen and oxygen atoms in total. The average molecular weight is 553 g/mol. The van der Waals surface area contributed by atoms with Crippen molar-refractivity contribution in [3.05, 3.63) is 65.0 Å². The lowest BCUT2D eigenvalue weighted by atomic mass is 9.94. The van der Waals surface area contributed by atoms with Gasteiger partial charge in [0.25, 0.3) is 5.91 Å². The van der Waals surface area contributed by atoms with Crippen molar-refractivity contribution in [2.24, 2.45) is 5.73 Å². The lowest BCUT2D eigenvalue weighted by Crippen LogP contribution is -2.48. The number of likely N-dealkylation sites (tertiary alicyclic amines) is 1. The number of nitrogens with two attached hydrogens (primary N) is 1. The van der Waals surface area contributed by atoms with Crippen LogP contribution in [0.4, 0.5) is 24.5 Å². The van der Waals surface area contributed by atoms with Gasteiger partial charge in [0.2, 0.25) is 11.5 Å². The lowest BCUT2D eigenvalue weighted by molar-refractivity contribution is -0.143. The number of carbonyl (C=O) groups excluding carboxylic acids is 5. The van der Waals surface area contributed by atoms with Gasteiger partial charge in [0, 0.05) is 44.4 Å². The summed E-state index contributed by atoms with van der Waals surface area (Å²) in [6.07, 6.45) is 0.168. The Morgan fingerprint density at radius 1 is 1.18 bits per heavy atom. The highest BCUT2D eigenvalue weighted by Gasteiger charge is 2.58. The van der Waals surface area contributed by atoms with Crippen molar-refractivity contribution in [1.29, 1.82) is 0 Å². The number of fused-ring (bicyclic) bond motifs is 2. The molecule has 2 aliphatic heterocycles. The van der Waals surface area contributed by atoms with Gasteiger partial charge in [0.1, 0.15) is 12.4 Å². The first-order valence-electron chi connectivity index (χ1n) is 12.9. The summed E-state index contributed by atoms with van der Waals surface area (Å²) in [5, 5.41) is 5.13. The maximum atomic E-state index is 13.6. The van der Waals surface area contributed by atoms with Crippen LogP contribution in [0.3, 0.4) is 0 Å². The van der Waals surface area contributed by atoms with Crippen LogP contribution in [0.15, 0.2) is 42.5 Å². The van der Waals surface area contributed by atoms with E-state index in [9.17, 15) is 28.4 Å². The number of primary amides is 1. The monoisotopic (exact) mass is 552 g/mol. The van der Waals surface area contributed by atoms with Gasteiger partial charge in [-0.3, -0.25) is 9.59 Å². The SMILES string of the molecule is CNC(=O)Nc1ccc2c(c1)CC[C@@]21OC(=O)N(CC(=O)N(Cc2ccc(F)cc2)[C@@H]2CCN(C(N)=O)C2)C1=O. The highest BCUT2D eigenvalue weighted by molar-refractivity contribution is 6.06. The third-order valence-corrected chi connectivity index (χ3v) is 7.64. The molecule has 3 aliphatic rings. The number of aryl methyl sites for hydroxylation is 1. The van der Waals surface area contributed by atoms with Crippen molar-refractivity contribution < 1.29 is 33.1 Å². The second kappa shape index (κ2) is 10.5. The first-order chi connectivity index (χ1) is 19.1. The van der Waals surface area contributed by atoms with Crippen molar-refractivity contribution >= 4 is 35.7 Å². The largest absolute Gasteiger partial charge is 0.427 e. The summed E-state index contributed by atoms with van der Waals surface area (Å²) >= 11 is 0. The Hall–Kier alpha value is -4.68. The maximum Gasteiger partial charge on any atom is 0.418 e. The number of nitrogens with zero attached hydrogens (tertiary/aromatic N) is 3. The molecule has 210 valence electrons. The van der Waals surface area contributed by atoms with Gasteiger partial charge >= 0.3 is 18.2 Å². The summed E-state index contributed by atoms with van der Waals surface area (Å²) in [5.74, 6) is -1.58. The average Bonchev–Trinajstić information content (AvgIpc) is 3.62. The lowest BCUT2D eigenvalue weighted by Gasteiger charge is -2.30. The Morgan fingerprint density at radius 2 is 1.93 bits per heavy atom. The third-order valence-electron chi connectivity index (χ3n) is 7.64. The highest BCUT2D eigenvalue weighted by Crippen LogP contribution is 2.46. The van der Waals surface area contributed by atoms with E-state index in [2.05, 4.69) is 10.6 Å². The van der Waals surface area contributed by atoms with E-state index in [0.717, 1.165) is 10.5 Å². The number of rotatable bonds is 6. The van der Waals surface area contributed by atoms with Crippen molar-refractivity contribution in [1.82, 2.24) is 20.0 Å². The standard InChI is InChI=1S/C27H29FN6O6/c1-30-25(38)31-19-6-7-21-17(12-19)8-10-27(21)23(36)34(26(39)40-27)15-22(35)33(13-16-2-4-18(28)5-3-16)20-9-11-32(14-20)24(29)37/h2-7,12,20H,8-11,13-15H2,1H3,(H2,29,37)(H2,30,31,38)/t20-,27-/m1/s1. The molecule has 2 fully saturated rings. The van der Waals surface area contributed by atoms with Crippen molar-refractivity contribution in [2.75, 3.05) is 32.0 Å². The van der Waals surface area contributed by atoms with Crippen LogP contribution in [-0.2, 0) is 32.9 Å². The fourth-order valence-electron chi connectivity index (χ4n) is 5.55. The number of carbonyl (C=O) groups is 5. The zero-order chi connectivity index (χ0) is 28.6. The Bertz CT molecular complexity index is 1380. The number of hydrogen-bond donors (Lipinski definition) is 3. The van der Waals surface area contributed by atoms with E-state index in [1.54, 1.807) is 30.3 Å². The number of hydrogen-bond acceptors (Lipinski definition) is 6. The summed E-state index contributed by atoms with van der Waals surface area (Å²) in [6, 6.07) is 9.22. The molecule has 1 spiro atoms. The summed E-state index contributed by atoms with van der Waals surface area (Å²) in [7, 11) is 1.49. The van der Waals surface area contributed by atoms with E-state index in [0.29, 0.717) is 36.2 Å². The van der Waals surface area contributed by atoms with Crippen LogP contribution in [-0.4, -0.2) is 77.4 Å². The van der Waals surface area contributed by atoms with Gasteiger partial charge in [0.15, 0.2) is 0 Å². The van der Waals surface area contributed by atoms with E-state index in [1.807, 2.05) is 0 Å². The maximum absolute atomic E-state index is 13.6. The van der Waals surface area contributed by atoms with Crippen LogP contribution in [0.1, 0.15) is 29.5 Å². The Morgan fingerprint density at radius 3 is 2.60 bits per heavy atom. The van der Waals surface area contributed by atoms with E-state index in [1.165, 1.54) is 29.0 Å². The number of urea groups is 2. The van der Waals surface area contributed by atoms with E-state index in [-0.39, 0.29) is 19.5 Å². The zero-order valence-electron chi connectivity index (χ0n) is 21.8. The third kappa shape index (κ3) is 4.90. The Kier molecular flexibility index (Phi) is 7.04. The normalized spacial score (nSPS) is 21.4. The molecule has 2 atom stereocenters. The molecular weight excluding hydrogens is 523 g/mol. The van der Waals surface area contributed by atoms with Crippen LogP contribution >= 0.6 is 0 Å². The van der Waals surface area contributed by atoms with Gasteiger partial charge in [0.05, 0.1) is 6.04 Å².